The SMILES string of the molecule is Cc1cc2c(cc1C)N[C@H](CC(=O)Nc1cccc(Cl)c1)C(=O)N2. The molecule has 1 heterocycles. The Hall–Kier alpha value is -2.53. The minimum absolute atomic E-state index is 0.0325. The van der Waals surface area contributed by atoms with Crippen molar-refractivity contribution in [1.29, 1.82) is 0 Å². The van der Waals surface area contributed by atoms with Gasteiger partial charge >= 0.3 is 0 Å². The van der Waals surface area contributed by atoms with E-state index in [0.29, 0.717) is 10.7 Å². The molecule has 1 aliphatic rings. The van der Waals surface area contributed by atoms with Gasteiger partial charge in [-0.15, -0.1) is 0 Å². The summed E-state index contributed by atoms with van der Waals surface area (Å²) in [5.41, 5.74) is 4.41. The van der Waals surface area contributed by atoms with Gasteiger partial charge in [0.05, 0.1) is 17.8 Å². The lowest BCUT2D eigenvalue weighted by molar-refractivity contribution is -0.122. The van der Waals surface area contributed by atoms with E-state index in [2.05, 4.69) is 16.0 Å². The Kier molecular flexibility index (Phi) is 4.44. The number of rotatable bonds is 3. The molecule has 1 atom stereocenters. The smallest absolute Gasteiger partial charge is 0.247 e. The fourth-order valence-electron chi connectivity index (χ4n) is 2.62. The first kappa shape index (κ1) is 16.3. The second kappa shape index (κ2) is 6.53. The van der Waals surface area contributed by atoms with Gasteiger partial charge in [-0.25, -0.2) is 0 Å². The van der Waals surface area contributed by atoms with Crippen LogP contribution in [0.3, 0.4) is 0 Å². The molecule has 2 aromatic carbocycles. The molecule has 2 amide bonds. The number of hydrogen-bond donors (Lipinski definition) is 3. The Balaban J connectivity index is 1.70. The first-order chi connectivity index (χ1) is 11.4. The van der Waals surface area contributed by atoms with Crippen molar-refractivity contribution in [3.63, 3.8) is 0 Å². The van der Waals surface area contributed by atoms with E-state index in [1.807, 2.05) is 26.0 Å². The summed E-state index contributed by atoms with van der Waals surface area (Å²) in [4.78, 5) is 24.4. The molecule has 124 valence electrons. The fraction of sp³-hybridized carbons (Fsp3) is 0.222. The Morgan fingerprint density at radius 3 is 2.58 bits per heavy atom. The highest BCUT2D eigenvalue weighted by atomic mass is 35.5. The summed E-state index contributed by atoms with van der Waals surface area (Å²) in [7, 11) is 0. The first-order valence-electron chi connectivity index (χ1n) is 7.66. The van der Waals surface area contributed by atoms with Crippen molar-refractivity contribution < 1.29 is 9.59 Å². The van der Waals surface area contributed by atoms with Crippen molar-refractivity contribution in [2.75, 3.05) is 16.0 Å². The van der Waals surface area contributed by atoms with Crippen molar-refractivity contribution in [3.8, 4) is 0 Å². The number of halogens is 1. The average Bonchev–Trinajstić information content (AvgIpc) is 2.50. The standard InChI is InChI=1S/C18H18ClN3O2/c1-10-6-14-15(7-11(10)2)22-18(24)16(21-14)9-17(23)20-13-5-3-4-12(19)8-13/h3-8,16,21H,9H2,1-2H3,(H,20,23)(H,22,24)/t16-/m1/s1. The molecule has 6 heteroatoms. The molecule has 3 rings (SSSR count). The van der Waals surface area contributed by atoms with Gasteiger partial charge in [0, 0.05) is 10.7 Å². The summed E-state index contributed by atoms with van der Waals surface area (Å²) in [6.07, 6.45) is 0.0325. The normalized spacial score (nSPS) is 16.0. The number of carbonyl (C=O) groups excluding carboxylic acids is 2. The van der Waals surface area contributed by atoms with E-state index >= 15 is 0 Å². The van der Waals surface area contributed by atoms with Gasteiger partial charge in [-0.3, -0.25) is 9.59 Å². The van der Waals surface area contributed by atoms with Crippen LogP contribution in [0.25, 0.3) is 0 Å². The zero-order chi connectivity index (χ0) is 17.3. The molecule has 3 N–H and O–H groups in total. The molecule has 0 unspecified atom stereocenters. The maximum absolute atomic E-state index is 12.2. The van der Waals surface area contributed by atoms with Crippen LogP contribution in [0.2, 0.25) is 5.02 Å². The minimum Gasteiger partial charge on any atom is -0.372 e. The predicted octanol–water partition coefficient (Wildman–Crippen LogP) is 3.72. The van der Waals surface area contributed by atoms with Gasteiger partial charge in [0.1, 0.15) is 6.04 Å². The van der Waals surface area contributed by atoms with Crippen LogP contribution in [0.15, 0.2) is 36.4 Å². The van der Waals surface area contributed by atoms with Crippen LogP contribution in [-0.2, 0) is 9.59 Å². The lowest BCUT2D eigenvalue weighted by Crippen LogP contribution is -2.41. The summed E-state index contributed by atoms with van der Waals surface area (Å²) in [6.45, 7) is 4.00. The van der Waals surface area contributed by atoms with Gasteiger partial charge in [0.2, 0.25) is 11.8 Å². The number of carbonyl (C=O) groups is 2. The zero-order valence-electron chi connectivity index (χ0n) is 13.4. The largest absolute Gasteiger partial charge is 0.372 e. The van der Waals surface area contributed by atoms with Crippen molar-refractivity contribution in [3.05, 3.63) is 52.5 Å². The van der Waals surface area contributed by atoms with E-state index < -0.39 is 6.04 Å². The molecule has 0 saturated heterocycles. The highest BCUT2D eigenvalue weighted by molar-refractivity contribution is 6.30. The fourth-order valence-corrected chi connectivity index (χ4v) is 2.81. The van der Waals surface area contributed by atoms with E-state index in [9.17, 15) is 9.59 Å². The molecule has 0 bridgehead atoms. The van der Waals surface area contributed by atoms with Gasteiger partial charge < -0.3 is 16.0 Å². The van der Waals surface area contributed by atoms with Crippen LogP contribution in [0.5, 0.6) is 0 Å². The lowest BCUT2D eigenvalue weighted by Gasteiger charge is -2.27. The van der Waals surface area contributed by atoms with Crippen molar-refractivity contribution in [2.45, 2.75) is 26.3 Å². The van der Waals surface area contributed by atoms with Crippen LogP contribution >= 0.6 is 11.6 Å². The summed E-state index contributed by atoms with van der Waals surface area (Å²) in [5.74, 6) is -0.468. The third-order valence-corrected chi connectivity index (χ3v) is 4.27. The van der Waals surface area contributed by atoms with Gasteiger partial charge in [-0.05, 0) is 55.3 Å². The Morgan fingerprint density at radius 2 is 1.88 bits per heavy atom. The minimum atomic E-state index is -0.612. The molecule has 0 fully saturated rings. The van der Waals surface area contributed by atoms with Gasteiger partial charge in [0.15, 0.2) is 0 Å². The molecule has 0 aliphatic carbocycles. The van der Waals surface area contributed by atoms with Gasteiger partial charge in [-0.1, -0.05) is 17.7 Å². The summed E-state index contributed by atoms with van der Waals surface area (Å²) in [5, 5.41) is 9.29. The van der Waals surface area contributed by atoms with Crippen LogP contribution in [0.1, 0.15) is 17.5 Å². The first-order valence-corrected chi connectivity index (χ1v) is 8.04. The molecular formula is C18H18ClN3O2. The molecule has 0 radical (unpaired) electrons. The number of anilines is 3. The molecule has 5 nitrogen and oxygen atoms in total. The Labute approximate surface area is 145 Å². The molecule has 0 aromatic heterocycles. The van der Waals surface area contributed by atoms with E-state index in [-0.39, 0.29) is 18.2 Å². The van der Waals surface area contributed by atoms with Crippen molar-refractivity contribution in [2.24, 2.45) is 0 Å². The maximum Gasteiger partial charge on any atom is 0.247 e. The number of aryl methyl sites for hydroxylation is 2. The molecule has 0 saturated carbocycles. The van der Waals surface area contributed by atoms with Crippen LogP contribution in [0, 0.1) is 13.8 Å². The molecule has 1 aliphatic heterocycles. The number of fused-ring (bicyclic) bond motifs is 1. The highest BCUT2D eigenvalue weighted by Crippen LogP contribution is 2.30. The third kappa shape index (κ3) is 3.51. The average molecular weight is 344 g/mol. The summed E-state index contributed by atoms with van der Waals surface area (Å²) >= 11 is 5.90. The van der Waals surface area contributed by atoms with Gasteiger partial charge in [0.25, 0.3) is 0 Å². The van der Waals surface area contributed by atoms with E-state index in [4.69, 9.17) is 11.6 Å². The molecular weight excluding hydrogens is 326 g/mol. The molecule has 2 aromatic rings. The molecule has 0 spiro atoms. The predicted molar refractivity (Wildman–Crippen MR) is 96.7 cm³/mol. The number of amides is 2. The monoisotopic (exact) mass is 343 g/mol. The number of nitrogens with one attached hydrogen (secondary N) is 3. The van der Waals surface area contributed by atoms with Crippen LogP contribution in [-0.4, -0.2) is 17.9 Å². The zero-order valence-corrected chi connectivity index (χ0v) is 14.2. The third-order valence-electron chi connectivity index (χ3n) is 4.04. The molecule has 24 heavy (non-hydrogen) atoms. The number of hydrogen-bond acceptors (Lipinski definition) is 3. The lowest BCUT2D eigenvalue weighted by atomic mass is 10.0. The van der Waals surface area contributed by atoms with E-state index in [1.165, 1.54) is 0 Å². The van der Waals surface area contributed by atoms with Crippen molar-refractivity contribution in [1.82, 2.24) is 0 Å². The van der Waals surface area contributed by atoms with E-state index in [1.54, 1.807) is 24.3 Å². The van der Waals surface area contributed by atoms with Gasteiger partial charge in [-0.2, -0.15) is 0 Å². The van der Waals surface area contributed by atoms with Crippen LogP contribution in [0.4, 0.5) is 17.1 Å². The Morgan fingerprint density at radius 1 is 1.17 bits per heavy atom. The van der Waals surface area contributed by atoms with Crippen LogP contribution < -0.4 is 16.0 Å². The second-order valence-corrected chi connectivity index (χ2v) is 6.37. The second-order valence-electron chi connectivity index (χ2n) is 5.93. The Bertz CT molecular complexity index is 820. The topological polar surface area (TPSA) is 70.2 Å². The van der Waals surface area contributed by atoms with Crippen molar-refractivity contribution >= 4 is 40.5 Å². The summed E-state index contributed by atoms with van der Waals surface area (Å²) < 4.78 is 0. The van der Waals surface area contributed by atoms with E-state index in [0.717, 1.165) is 22.5 Å². The maximum atomic E-state index is 12.2. The highest BCUT2D eigenvalue weighted by Gasteiger charge is 2.27. The quantitative estimate of drug-likeness (QED) is 0.795. The number of benzene rings is 2. The summed E-state index contributed by atoms with van der Waals surface area (Å²) in [6, 6.07) is 10.2.